The first kappa shape index (κ1) is 26.5. The van der Waals surface area contributed by atoms with Gasteiger partial charge < -0.3 is 9.47 Å². The van der Waals surface area contributed by atoms with E-state index < -0.39 is 0 Å². The SMILES string of the molecule is CCCCCOc1cccc(N(NCc2cnc3ccccc3c2)c2cccc(OC(C)CCC)c2)c1. The molecule has 4 rings (SSSR count). The fourth-order valence-electron chi connectivity index (χ4n) is 4.36. The first-order chi connectivity index (χ1) is 18.2. The van der Waals surface area contributed by atoms with Gasteiger partial charge in [-0.2, -0.15) is 0 Å². The van der Waals surface area contributed by atoms with E-state index in [9.17, 15) is 0 Å². The molecule has 0 radical (unpaired) electrons. The normalized spacial score (nSPS) is 11.9. The van der Waals surface area contributed by atoms with Crippen LogP contribution in [0.15, 0.2) is 85.1 Å². The topological polar surface area (TPSA) is 46.6 Å². The highest BCUT2D eigenvalue weighted by atomic mass is 16.5. The Labute approximate surface area is 221 Å². The van der Waals surface area contributed by atoms with Crippen LogP contribution in [-0.4, -0.2) is 17.7 Å². The van der Waals surface area contributed by atoms with Gasteiger partial charge in [-0.3, -0.25) is 9.99 Å². The van der Waals surface area contributed by atoms with Gasteiger partial charge in [0.1, 0.15) is 11.5 Å². The Morgan fingerprint density at radius 2 is 1.59 bits per heavy atom. The van der Waals surface area contributed by atoms with Crippen molar-refractivity contribution < 1.29 is 9.47 Å². The third-order valence-electron chi connectivity index (χ3n) is 6.29. The zero-order valence-corrected chi connectivity index (χ0v) is 22.3. The number of rotatable bonds is 14. The van der Waals surface area contributed by atoms with Gasteiger partial charge in [0.25, 0.3) is 0 Å². The van der Waals surface area contributed by atoms with Crippen LogP contribution in [0.4, 0.5) is 11.4 Å². The van der Waals surface area contributed by atoms with Crippen LogP contribution in [0, 0.1) is 0 Å². The summed E-state index contributed by atoms with van der Waals surface area (Å²) < 4.78 is 12.3. The number of hydrogen-bond donors (Lipinski definition) is 1. The number of nitrogens with zero attached hydrogens (tertiary/aromatic N) is 2. The van der Waals surface area contributed by atoms with E-state index >= 15 is 0 Å². The molecule has 3 aromatic carbocycles. The van der Waals surface area contributed by atoms with Crippen LogP contribution in [0.5, 0.6) is 11.5 Å². The van der Waals surface area contributed by atoms with Crippen LogP contribution in [-0.2, 0) is 6.54 Å². The first-order valence-corrected chi connectivity index (χ1v) is 13.5. The molecular weight excluding hydrogens is 458 g/mol. The highest BCUT2D eigenvalue weighted by molar-refractivity contribution is 5.78. The van der Waals surface area contributed by atoms with Crippen molar-refractivity contribution in [3.63, 3.8) is 0 Å². The Balaban J connectivity index is 1.58. The number of para-hydroxylation sites is 1. The Bertz CT molecular complexity index is 1260. The maximum absolute atomic E-state index is 6.20. The summed E-state index contributed by atoms with van der Waals surface area (Å²) in [6, 6.07) is 26.9. The van der Waals surface area contributed by atoms with Crippen molar-refractivity contribution in [3.8, 4) is 11.5 Å². The van der Waals surface area contributed by atoms with Gasteiger partial charge in [-0.1, -0.05) is 63.4 Å². The molecule has 0 aliphatic rings. The van der Waals surface area contributed by atoms with Crippen molar-refractivity contribution in [3.05, 3.63) is 90.6 Å². The van der Waals surface area contributed by atoms with Crippen LogP contribution < -0.4 is 19.9 Å². The number of aromatic nitrogens is 1. The number of hydrazine groups is 1. The van der Waals surface area contributed by atoms with Crippen molar-refractivity contribution >= 4 is 22.3 Å². The molecule has 0 spiro atoms. The Morgan fingerprint density at radius 3 is 2.38 bits per heavy atom. The molecule has 1 atom stereocenters. The van der Waals surface area contributed by atoms with Gasteiger partial charge in [0.2, 0.25) is 0 Å². The van der Waals surface area contributed by atoms with E-state index in [4.69, 9.17) is 9.47 Å². The average molecular weight is 498 g/mol. The van der Waals surface area contributed by atoms with E-state index in [1.807, 2.05) is 48.7 Å². The number of ether oxygens (including phenoxy) is 2. The molecule has 1 aromatic heterocycles. The van der Waals surface area contributed by atoms with Crippen LogP contribution in [0.1, 0.15) is 58.4 Å². The highest BCUT2D eigenvalue weighted by Crippen LogP contribution is 2.30. The van der Waals surface area contributed by atoms with Crippen molar-refractivity contribution in [2.75, 3.05) is 11.6 Å². The molecule has 0 saturated heterocycles. The summed E-state index contributed by atoms with van der Waals surface area (Å²) in [6.45, 7) is 7.86. The maximum Gasteiger partial charge on any atom is 0.121 e. The molecule has 0 aliphatic heterocycles. The number of fused-ring (bicyclic) bond motifs is 1. The highest BCUT2D eigenvalue weighted by Gasteiger charge is 2.13. The zero-order chi connectivity index (χ0) is 25.9. The number of anilines is 2. The smallest absolute Gasteiger partial charge is 0.121 e. The Morgan fingerprint density at radius 1 is 0.838 bits per heavy atom. The number of hydrogen-bond acceptors (Lipinski definition) is 5. The van der Waals surface area contributed by atoms with E-state index in [0.29, 0.717) is 6.54 Å². The average Bonchev–Trinajstić information content (AvgIpc) is 2.92. The van der Waals surface area contributed by atoms with Crippen molar-refractivity contribution in [2.45, 2.75) is 65.5 Å². The summed E-state index contributed by atoms with van der Waals surface area (Å²) in [5.74, 6) is 1.74. The predicted molar refractivity (Wildman–Crippen MR) is 154 cm³/mol. The van der Waals surface area contributed by atoms with Crippen LogP contribution in [0.3, 0.4) is 0 Å². The van der Waals surface area contributed by atoms with Crippen molar-refractivity contribution in [2.24, 2.45) is 0 Å². The second kappa shape index (κ2) is 13.7. The lowest BCUT2D eigenvalue weighted by Gasteiger charge is -2.27. The third kappa shape index (κ3) is 7.70. The molecule has 0 aliphatic carbocycles. The lowest BCUT2D eigenvalue weighted by Crippen LogP contribution is -2.33. The third-order valence-corrected chi connectivity index (χ3v) is 6.29. The molecule has 5 nitrogen and oxygen atoms in total. The lowest BCUT2D eigenvalue weighted by molar-refractivity contribution is 0.210. The van der Waals surface area contributed by atoms with E-state index in [2.05, 4.69) is 72.6 Å². The molecule has 0 amide bonds. The minimum absolute atomic E-state index is 0.171. The second-order valence-corrected chi connectivity index (χ2v) is 9.47. The second-order valence-electron chi connectivity index (χ2n) is 9.47. The van der Waals surface area contributed by atoms with Crippen molar-refractivity contribution in [1.82, 2.24) is 10.4 Å². The summed E-state index contributed by atoms with van der Waals surface area (Å²) in [5.41, 5.74) is 7.74. The van der Waals surface area contributed by atoms with Gasteiger partial charge >= 0.3 is 0 Å². The van der Waals surface area contributed by atoms with E-state index in [0.717, 1.165) is 65.2 Å². The minimum Gasteiger partial charge on any atom is -0.494 e. The fraction of sp³-hybridized carbons (Fsp3) is 0.344. The maximum atomic E-state index is 6.20. The van der Waals surface area contributed by atoms with Gasteiger partial charge in [0.15, 0.2) is 0 Å². The molecule has 1 N–H and O–H groups in total. The standard InChI is InChI=1S/C32H39N3O2/c1-4-6-9-19-36-30-16-10-14-28(21-30)35(29-15-11-17-31(22-29)37-25(3)12-5-2)34-24-26-20-27-13-7-8-18-32(27)33-23-26/h7-8,10-11,13-18,20-23,25,34H,4-6,9,12,19,24H2,1-3H3. The molecule has 0 saturated carbocycles. The molecule has 4 aromatic rings. The molecule has 1 heterocycles. The van der Waals surface area contributed by atoms with Crippen molar-refractivity contribution in [1.29, 1.82) is 0 Å². The van der Waals surface area contributed by atoms with Gasteiger partial charge in [-0.15, -0.1) is 0 Å². The summed E-state index contributed by atoms with van der Waals surface area (Å²) in [6.07, 6.45) is 7.65. The monoisotopic (exact) mass is 497 g/mol. The number of pyridine rings is 1. The predicted octanol–water partition coefficient (Wildman–Crippen LogP) is 8.21. The number of nitrogens with one attached hydrogen (secondary N) is 1. The quantitative estimate of drug-likeness (QED) is 0.140. The summed E-state index contributed by atoms with van der Waals surface area (Å²) in [7, 11) is 0. The molecule has 1 unspecified atom stereocenters. The lowest BCUT2D eigenvalue weighted by atomic mass is 10.1. The molecule has 0 bridgehead atoms. The van der Waals surface area contributed by atoms with E-state index in [-0.39, 0.29) is 6.10 Å². The van der Waals surface area contributed by atoms with Crippen LogP contribution >= 0.6 is 0 Å². The molecule has 0 fully saturated rings. The Kier molecular flexibility index (Phi) is 9.78. The van der Waals surface area contributed by atoms with Gasteiger partial charge in [-0.05, 0) is 61.7 Å². The number of unbranched alkanes of at least 4 members (excludes halogenated alkanes) is 2. The van der Waals surface area contributed by atoms with Crippen LogP contribution in [0.25, 0.3) is 10.9 Å². The summed E-state index contributed by atoms with van der Waals surface area (Å²) in [5, 5.41) is 3.24. The molecule has 37 heavy (non-hydrogen) atoms. The summed E-state index contributed by atoms with van der Waals surface area (Å²) in [4.78, 5) is 4.63. The van der Waals surface area contributed by atoms with Crippen LogP contribution in [0.2, 0.25) is 0 Å². The van der Waals surface area contributed by atoms with Gasteiger partial charge in [0, 0.05) is 30.3 Å². The Hall–Kier alpha value is -3.57. The molecule has 194 valence electrons. The van der Waals surface area contributed by atoms with E-state index in [1.54, 1.807) is 0 Å². The largest absolute Gasteiger partial charge is 0.494 e. The zero-order valence-electron chi connectivity index (χ0n) is 22.3. The number of benzene rings is 3. The molecular formula is C32H39N3O2. The first-order valence-electron chi connectivity index (χ1n) is 13.5. The molecule has 5 heteroatoms. The van der Waals surface area contributed by atoms with Gasteiger partial charge in [-0.25, -0.2) is 5.43 Å². The fourth-order valence-corrected chi connectivity index (χ4v) is 4.36. The van der Waals surface area contributed by atoms with Gasteiger partial charge in [0.05, 0.1) is 29.6 Å². The van der Waals surface area contributed by atoms with E-state index in [1.165, 1.54) is 12.8 Å². The minimum atomic E-state index is 0.171. The summed E-state index contributed by atoms with van der Waals surface area (Å²) >= 11 is 0.